The molecule has 0 amide bonds. The molecule has 78 valence electrons. The summed E-state index contributed by atoms with van der Waals surface area (Å²) in [5, 5.41) is 13.2. The van der Waals surface area contributed by atoms with Gasteiger partial charge in [-0.3, -0.25) is 4.68 Å². The molecule has 1 N–H and O–H groups in total. The fourth-order valence-corrected chi connectivity index (χ4v) is 1.69. The lowest BCUT2D eigenvalue weighted by atomic mass is 10.1. The Bertz CT molecular complexity index is 360. The molecule has 14 heavy (non-hydrogen) atoms. The SMILES string of the molecule is CCC(C)c1nn(C)c(C(=O)O)c1Cl. The Morgan fingerprint density at radius 2 is 2.29 bits per heavy atom. The highest BCUT2D eigenvalue weighted by Gasteiger charge is 2.22. The van der Waals surface area contributed by atoms with Crippen LogP contribution in [0.2, 0.25) is 5.02 Å². The van der Waals surface area contributed by atoms with E-state index in [0.29, 0.717) is 5.69 Å². The normalized spacial score (nSPS) is 12.9. The number of hydrogen-bond acceptors (Lipinski definition) is 2. The third kappa shape index (κ3) is 1.75. The molecule has 0 aliphatic carbocycles. The van der Waals surface area contributed by atoms with E-state index in [2.05, 4.69) is 5.10 Å². The molecule has 0 radical (unpaired) electrons. The van der Waals surface area contributed by atoms with Crippen molar-refractivity contribution in [2.45, 2.75) is 26.2 Å². The molecular weight excluding hydrogens is 204 g/mol. The lowest BCUT2D eigenvalue weighted by molar-refractivity contribution is 0.0685. The number of hydrogen-bond donors (Lipinski definition) is 1. The molecule has 1 unspecified atom stereocenters. The molecule has 4 nitrogen and oxygen atoms in total. The van der Waals surface area contributed by atoms with E-state index < -0.39 is 5.97 Å². The van der Waals surface area contributed by atoms with Crippen LogP contribution in [0.4, 0.5) is 0 Å². The van der Waals surface area contributed by atoms with Gasteiger partial charge in [-0.15, -0.1) is 0 Å². The predicted octanol–water partition coefficient (Wildman–Crippen LogP) is 2.29. The maximum absolute atomic E-state index is 10.8. The molecule has 1 heterocycles. The molecule has 0 aliphatic rings. The Kier molecular flexibility index (Phi) is 3.16. The summed E-state index contributed by atoms with van der Waals surface area (Å²) in [6, 6.07) is 0. The van der Waals surface area contributed by atoms with Gasteiger partial charge in [0.1, 0.15) is 0 Å². The number of carboxylic acid groups (broad SMARTS) is 1. The smallest absolute Gasteiger partial charge is 0.355 e. The molecule has 5 heteroatoms. The average molecular weight is 217 g/mol. The third-order valence-electron chi connectivity index (χ3n) is 2.30. The zero-order valence-electron chi connectivity index (χ0n) is 8.41. The van der Waals surface area contributed by atoms with Crippen molar-refractivity contribution in [3.05, 3.63) is 16.4 Å². The molecule has 0 spiro atoms. The summed E-state index contributed by atoms with van der Waals surface area (Å²) in [6.45, 7) is 3.98. The van der Waals surface area contributed by atoms with E-state index in [-0.39, 0.29) is 16.6 Å². The first-order valence-corrected chi connectivity index (χ1v) is 4.82. The van der Waals surface area contributed by atoms with Crippen LogP contribution in [0.3, 0.4) is 0 Å². The number of carboxylic acids is 1. The largest absolute Gasteiger partial charge is 0.476 e. The van der Waals surface area contributed by atoms with E-state index in [1.165, 1.54) is 4.68 Å². The molecule has 1 aromatic rings. The number of carbonyl (C=O) groups is 1. The number of nitrogens with zero attached hydrogens (tertiary/aromatic N) is 2. The van der Waals surface area contributed by atoms with Crippen molar-refractivity contribution >= 4 is 17.6 Å². The highest BCUT2D eigenvalue weighted by molar-refractivity contribution is 6.34. The van der Waals surface area contributed by atoms with Gasteiger partial charge in [0.15, 0.2) is 5.69 Å². The Hall–Kier alpha value is -1.03. The van der Waals surface area contributed by atoms with Crippen LogP contribution in [0, 0.1) is 0 Å². The van der Waals surface area contributed by atoms with E-state index in [4.69, 9.17) is 16.7 Å². The van der Waals surface area contributed by atoms with Crippen LogP contribution in [-0.4, -0.2) is 20.9 Å². The Balaban J connectivity index is 3.23. The minimum absolute atomic E-state index is 0.0574. The molecule has 1 aromatic heterocycles. The van der Waals surface area contributed by atoms with Crippen molar-refractivity contribution in [1.29, 1.82) is 0 Å². The Morgan fingerprint density at radius 3 is 2.64 bits per heavy atom. The lowest BCUT2D eigenvalue weighted by Crippen LogP contribution is -2.05. The van der Waals surface area contributed by atoms with E-state index in [9.17, 15) is 4.79 Å². The Labute approximate surface area is 87.5 Å². The zero-order valence-corrected chi connectivity index (χ0v) is 9.17. The van der Waals surface area contributed by atoms with Gasteiger partial charge in [0.25, 0.3) is 0 Å². The van der Waals surface area contributed by atoms with E-state index >= 15 is 0 Å². The van der Waals surface area contributed by atoms with Crippen LogP contribution < -0.4 is 0 Å². The summed E-state index contributed by atoms with van der Waals surface area (Å²) in [5.74, 6) is -0.860. The second kappa shape index (κ2) is 4.00. The van der Waals surface area contributed by atoms with Crippen LogP contribution >= 0.6 is 11.6 Å². The summed E-state index contributed by atoms with van der Waals surface area (Å²) in [5.41, 5.74) is 0.719. The second-order valence-electron chi connectivity index (χ2n) is 3.29. The molecule has 0 aromatic carbocycles. The van der Waals surface area contributed by atoms with Crippen molar-refractivity contribution < 1.29 is 9.90 Å². The molecular formula is C9H13ClN2O2. The molecule has 1 rings (SSSR count). The maximum Gasteiger partial charge on any atom is 0.355 e. The number of aromatic nitrogens is 2. The van der Waals surface area contributed by atoms with Gasteiger partial charge in [0.05, 0.1) is 10.7 Å². The number of aromatic carboxylic acids is 1. The van der Waals surface area contributed by atoms with E-state index in [0.717, 1.165) is 6.42 Å². The minimum atomic E-state index is -1.04. The van der Waals surface area contributed by atoms with Crippen LogP contribution in [0.15, 0.2) is 0 Å². The van der Waals surface area contributed by atoms with Gasteiger partial charge >= 0.3 is 5.97 Å². The zero-order chi connectivity index (χ0) is 10.9. The molecule has 0 fully saturated rings. The van der Waals surface area contributed by atoms with Crippen LogP contribution in [0.25, 0.3) is 0 Å². The fraction of sp³-hybridized carbons (Fsp3) is 0.556. The maximum atomic E-state index is 10.8. The van der Waals surface area contributed by atoms with Gasteiger partial charge in [-0.2, -0.15) is 5.10 Å². The fourth-order valence-electron chi connectivity index (χ4n) is 1.26. The highest BCUT2D eigenvalue weighted by atomic mass is 35.5. The predicted molar refractivity (Wildman–Crippen MR) is 53.9 cm³/mol. The quantitative estimate of drug-likeness (QED) is 0.844. The molecule has 0 saturated carbocycles. The standard InChI is InChI=1S/C9H13ClN2O2/c1-4-5(2)7-6(10)8(9(13)14)12(3)11-7/h5H,4H2,1-3H3,(H,13,14). The summed E-state index contributed by atoms with van der Waals surface area (Å²) < 4.78 is 1.31. The topological polar surface area (TPSA) is 55.1 Å². The second-order valence-corrected chi connectivity index (χ2v) is 3.66. The van der Waals surface area contributed by atoms with Crippen LogP contribution in [-0.2, 0) is 7.05 Å². The van der Waals surface area contributed by atoms with Crippen molar-refractivity contribution in [3.8, 4) is 0 Å². The van der Waals surface area contributed by atoms with Gasteiger partial charge in [0.2, 0.25) is 0 Å². The van der Waals surface area contributed by atoms with Crippen LogP contribution in [0.1, 0.15) is 42.4 Å². The summed E-state index contributed by atoms with van der Waals surface area (Å²) >= 11 is 5.93. The third-order valence-corrected chi connectivity index (χ3v) is 2.67. The van der Waals surface area contributed by atoms with Crippen LogP contribution in [0.5, 0.6) is 0 Å². The van der Waals surface area contributed by atoms with Gasteiger partial charge in [-0.25, -0.2) is 4.79 Å². The van der Waals surface area contributed by atoms with E-state index in [1.807, 2.05) is 13.8 Å². The van der Waals surface area contributed by atoms with Crippen molar-refractivity contribution in [1.82, 2.24) is 9.78 Å². The molecule has 0 saturated heterocycles. The van der Waals surface area contributed by atoms with Gasteiger partial charge < -0.3 is 5.11 Å². The van der Waals surface area contributed by atoms with Crippen molar-refractivity contribution in [3.63, 3.8) is 0 Å². The number of halogens is 1. The van der Waals surface area contributed by atoms with E-state index in [1.54, 1.807) is 7.05 Å². The monoisotopic (exact) mass is 216 g/mol. The summed E-state index contributed by atoms with van der Waals surface area (Å²) in [6.07, 6.45) is 0.885. The van der Waals surface area contributed by atoms with Gasteiger partial charge in [0, 0.05) is 13.0 Å². The number of aryl methyl sites for hydroxylation is 1. The average Bonchev–Trinajstić information content (AvgIpc) is 2.40. The van der Waals surface area contributed by atoms with Gasteiger partial charge in [-0.05, 0) is 6.42 Å². The van der Waals surface area contributed by atoms with Gasteiger partial charge in [-0.1, -0.05) is 25.4 Å². The first kappa shape index (κ1) is 11.0. The lowest BCUT2D eigenvalue weighted by Gasteiger charge is -2.03. The summed E-state index contributed by atoms with van der Waals surface area (Å²) in [4.78, 5) is 10.8. The highest BCUT2D eigenvalue weighted by Crippen LogP contribution is 2.28. The first-order chi connectivity index (χ1) is 6.49. The summed E-state index contributed by atoms with van der Waals surface area (Å²) in [7, 11) is 1.58. The molecule has 0 bridgehead atoms. The molecule has 0 aliphatic heterocycles. The molecule has 1 atom stereocenters. The number of rotatable bonds is 3. The first-order valence-electron chi connectivity index (χ1n) is 4.44. The minimum Gasteiger partial charge on any atom is -0.476 e. The van der Waals surface area contributed by atoms with Crippen molar-refractivity contribution in [2.24, 2.45) is 7.05 Å². The van der Waals surface area contributed by atoms with Crippen molar-refractivity contribution in [2.75, 3.05) is 0 Å². The Morgan fingerprint density at radius 1 is 1.71 bits per heavy atom.